The maximum atomic E-state index is 12.5. The molecular weight excluding hydrogens is 383 g/mol. The summed E-state index contributed by atoms with van der Waals surface area (Å²) in [6.07, 6.45) is 0. The fourth-order valence-corrected chi connectivity index (χ4v) is 3.37. The monoisotopic (exact) mass is 396 g/mol. The van der Waals surface area contributed by atoms with E-state index in [1.54, 1.807) is 42.5 Å². The zero-order chi connectivity index (χ0) is 19.0. The van der Waals surface area contributed by atoms with Gasteiger partial charge in [-0.2, -0.15) is 0 Å². The number of aromatic nitrogens is 3. The molecule has 2 aromatic heterocycles. The number of carbonyl (C=O) groups excluding carboxylic acids is 1. The van der Waals surface area contributed by atoms with Gasteiger partial charge in [-0.25, -0.2) is 9.97 Å². The lowest BCUT2D eigenvalue weighted by atomic mass is 10.2. The van der Waals surface area contributed by atoms with Gasteiger partial charge >= 0.3 is 0 Å². The van der Waals surface area contributed by atoms with Crippen molar-refractivity contribution in [3.8, 4) is 11.4 Å². The molecule has 0 aliphatic rings. The van der Waals surface area contributed by atoms with Gasteiger partial charge in [0.1, 0.15) is 11.6 Å². The Kier molecular flexibility index (Phi) is 4.56. The van der Waals surface area contributed by atoms with Gasteiger partial charge < -0.3 is 10.3 Å². The number of halogens is 2. The zero-order valence-electron chi connectivity index (χ0n) is 14.3. The third-order valence-corrected chi connectivity index (χ3v) is 4.70. The van der Waals surface area contributed by atoms with Gasteiger partial charge in [-0.1, -0.05) is 35.3 Å². The standard InChI is InChI=1S/C20H14Cl2N4O/c1-11-4-2-7-17(23-11)26-20(27)12-8-9-15-16(10-12)25-19(24-15)18-13(21)5-3-6-14(18)22/h2-10H,1H3,(H,24,25)(H,23,26,27). The second kappa shape index (κ2) is 7.02. The molecule has 0 saturated carbocycles. The number of fused-ring (bicyclic) bond motifs is 1. The minimum absolute atomic E-state index is 0.254. The minimum atomic E-state index is -0.254. The van der Waals surface area contributed by atoms with Crippen molar-refractivity contribution in [2.75, 3.05) is 5.32 Å². The second-order valence-electron chi connectivity index (χ2n) is 6.03. The molecule has 0 atom stereocenters. The second-order valence-corrected chi connectivity index (χ2v) is 6.85. The highest BCUT2D eigenvalue weighted by Gasteiger charge is 2.14. The number of nitrogens with zero attached hydrogens (tertiary/aromatic N) is 2. The van der Waals surface area contributed by atoms with Gasteiger partial charge in [-0.3, -0.25) is 4.79 Å². The third kappa shape index (κ3) is 3.52. The Morgan fingerprint density at radius 1 is 1.00 bits per heavy atom. The number of rotatable bonds is 3. The number of carbonyl (C=O) groups is 1. The van der Waals surface area contributed by atoms with Crippen LogP contribution >= 0.6 is 23.2 Å². The Morgan fingerprint density at radius 2 is 1.74 bits per heavy atom. The molecule has 0 spiro atoms. The highest BCUT2D eigenvalue weighted by molar-refractivity contribution is 6.39. The van der Waals surface area contributed by atoms with E-state index in [1.807, 2.05) is 19.1 Å². The Labute approximate surface area is 165 Å². The molecule has 0 aliphatic carbocycles. The molecule has 0 bridgehead atoms. The van der Waals surface area contributed by atoms with E-state index in [9.17, 15) is 4.79 Å². The Bertz CT molecular complexity index is 1150. The summed E-state index contributed by atoms with van der Waals surface area (Å²) in [4.78, 5) is 24.5. The number of anilines is 1. The number of aryl methyl sites for hydroxylation is 1. The summed E-state index contributed by atoms with van der Waals surface area (Å²) in [6, 6.07) is 16.0. The van der Waals surface area contributed by atoms with Crippen LogP contribution < -0.4 is 5.32 Å². The number of amides is 1. The van der Waals surface area contributed by atoms with E-state index < -0.39 is 0 Å². The van der Waals surface area contributed by atoms with E-state index in [4.69, 9.17) is 23.2 Å². The smallest absolute Gasteiger partial charge is 0.256 e. The van der Waals surface area contributed by atoms with Gasteiger partial charge in [0.05, 0.1) is 26.6 Å². The number of aromatic amines is 1. The van der Waals surface area contributed by atoms with Crippen molar-refractivity contribution in [1.29, 1.82) is 0 Å². The number of H-pyrrole nitrogens is 1. The fraction of sp³-hybridized carbons (Fsp3) is 0.0500. The Morgan fingerprint density at radius 3 is 2.48 bits per heavy atom. The molecule has 0 radical (unpaired) electrons. The van der Waals surface area contributed by atoms with Crippen molar-refractivity contribution in [3.05, 3.63) is 75.9 Å². The normalized spacial score (nSPS) is 10.9. The SMILES string of the molecule is Cc1cccc(NC(=O)c2ccc3[nH]c(-c4c(Cl)cccc4Cl)nc3c2)n1. The van der Waals surface area contributed by atoms with Gasteiger partial charge in [0.2, 0.25) is 0 Å². The topological polar surface area (TPSA) is 70.7 Å². The first-order chi connectivity index (χ1) is 13.0. The molecule has 4 rings (SSSR count). The van der Waals surface area contributed by atoms with Crippen molar-refractivity contribution < 1.29 is 4.79 Å². The molecule has 27 heavy (non-hydrogen) atoms. The summed E-state index contributed by atoms with van der Waals surface area (Å²) < 4.78 is 0. The van der Waals surface area contributed by atoms with Gasteiger partial charge in [0, 0.05) is 11.3 Å². The van der Waals surface area contributed by atoms with E-state index in [0.717, 1.165) is 11.2 Å². The molecule has 5 nitrogen and oxygen atoms in total. The first-order valence-corrected chi connectivity index (χ1v) is 8.96. The fourth-order valence-electron chi connectivity index (χ4n) is 2.79. The number of imidazole rings is 1. The average molecular weight is 397 g/mol. The van der Waals surface area contributed by atoms with Crippen LogP contribution in [-0.4, -0.2) is 20.9 Å². The molecular formula is C20H14Cl2N4O. The zero-order valence-corrected chi connectivity index (χ0v) is 15.8. The largest absolute Gasteiger partial charge is 0.338 e. The molecule has 0 aliphatic heterocycles. The summed E-state index contributed by atoms with van der Waals surface area (Å²) >= 11 is 12.5. The molecule has 134 valence electrons. The van der Waals surface area contributed by atoms with Crippen molar-refractivity contribution >= 4 is 46.0 Å². The quantitative estimate of drug-likeness (QED) is 0.480. The minimum Gasteiger partial charge on any atom is -0.338 e. The first kappa shape index (κ1) is 17.5. The van der Waals surface area contributed by atoms with Crippen LogP contribution in [0.2, 0.25) is 10.0 Å². The lowest BCUT2D eigenvalue weighted by molar-refractivity contribution is 0.102. The third-order valence-electron chi connectivity index (χ3n) is 4.07. The summed E-state index contributed by atoms with van der Waals surface area (Å²) in [5.41, 5.74) is 3.37. The van der Waals surface area contributed by atoms with E-state index >= 15 is 0 Å². The molecule has 7 heteroatoms. The molecule has 0 fully saturated rings. The van der Waals surface area contributed by atoms with Crippen LogP contribution in [0.25, 0.3) is 22.4 Å². The van der Waals surface area contributed by atoms with Gasteiger partial charge in [-0.15, -0.1) is 0 Å². The van der Waals surface area contributed by atoms with Crippen LogP contribution in [0.5, 0.6) is 0 Å². The van der Waals surface area contributed by atoms with Crippen LogP contribution in [0.15, 0.2) is 54.6 Å². The van der Waals surface area contributed by atoms with Gasteiger partial charge in [0.15, 0.2) is 0 Å². The molecule has 0 saturated heterocycles. The van der Waals surface area contributed by atoms with Crippen molar-refractivity contribution in [3.63, 3.8) is 0 Å². The summed E-state index contributed by atoms with van der Waals surface area (Å²) in [5.74, 6) is 0.805. The Balaban J connectivity index is 1.68. The van der Waals surface area contributed by atoms with E-state index in [-0.39, 0.29) is 5.91 Å². The first-order valence-electron chi connectivity index (χ1n) is 8.20. The lowest BCUT2D eigenvalue weighted by Gasteiger charge is -2.05. The maximum absolute atomic E-state index is 12.5. The van der Waals surface area contributed by atoms with Crippen LogP contribution in [0.3, 0.4) is 0 Å². The summed E-state index contributed by atoms with van der Waals surface area (Å²) in [5, 5.41) is 3.80. The number of hydrogen-bond donors (Lipinski definition) is 2. The summed E-state index contributed by atoms with van der Waals surface area (Å²) in [6.45, 7) is 1.87. The predicted octanol–water partition coefficient (Wildman–Crippen LogP) is 5.49. The molecule has 4 aromatic rings. The molecule has 2 heterocycles. The highest BCUT2D eigenvalue weighted by atomic mass is 35.5. The van der Waals surface area contributed by atoms with E-state index in [0.29, 0.717) is 38.3 Å². The molecule has 2 aromatic carbocycles. The van der Waals surface area contributed by atoms with Crippen molar-refractivity contribution in [2.24, 2.45) is 0 Å². The molecule has 2 N–H and O–H groups in total. The van der Waals surface area contributed by atoms with Gasteiger partial charge in [-0.05, 0) is 49.4 Å². The highest BCUT2D eigenvalue weighted by Crippen LogP contribution is 2.33. The van der Waals surface area contributed by atoms with Crippen LogP contribution in [0.1, 0.15) is 16.1 Å². The van der Waals surface area contributed by atoms with Crippen molar-refractivity contribution in [2.45, 2.75) is 6.92 Å². The van der Waals surface area contributed by atoms with Crippen LogP contribution in [0.4, 0.5) is 5.82 Å². The maximum Gasteiger partial charge on any atom is 0.256 e. The molecule has 1 amide bonds. The predicted molar refractivity (Wildman–Crippen MR) is 108 cm³/mol. The van der Waals surface area contributed by atoms with E-state index in [1.165, 1.54) is 0 Å². The van der Waals surface area contributed by atoms with Crippen molar-refractivity contribution in [1.82, 2.24) is 15.0 Å². The molecule has 0 unspecified atom stereocenters. The van der Waals surface area contributed by atoms with E-state index in [2.05, 4.69) is 20.3 Å². The lowest BCUT2D eigenvalue weighted by Crippen LogP contribution is -2.13. The summed E-state index contributed by atoms with van der Waals surface area (Å²) in [7, 11) is 0. The van der Waals surface area contributed by atoms with Crippen LogP contribution in [-0.2, 0) is 0 Å². The Hall–Kier alpha value is -2.89. The average Bonchev–Trinajstić information content (AvgIpc) is 3.04. The number of nitrogens with one attached hydrogen (secondary N) is 2. The number of pyridine rings is 1. The van der Waals surface area contributed by atoms with Crippen LogP contribution in [0, 0.1) is 6.92 Å². The van der Waals surface area contributed by atoms with Gasteiger partial charge in [0.25, 0.3) is 5.91 Å². The number of benzene rings is 2. The number of hydrogen-bond acceptors (Lipinski definition) is 3.